The van der Waals surface area contributed by atoms with Crippen LogP contribution in [0.5, 0.6) is 0 Å². The van der Waals surface area contributed by atoms with E-state index in [0.717, 1.165) is 19.3 Å². The van der Waals surface area contributed by atoms with Crippen LogP contribution in [0.1, 0.15) is 19.3 Å². The van der Waals surface area contributed by atoms with E-state index in [1.165, 1.54) is 0 Å². The molecule has 2 atom stereocenters. The van der Waals surface area contributed by atoms with E-state index >= 15 is 0 Å². The molecule has 0 aromatic rings. The molecule has 0 aromatic carbocycles. The molecule has 5 heteroatoms. The summed E-state index contributed by atoms with van der Waals surface area (Å²) in [6, 6.07) is 0.0803. The molecule has 0 bridgehead atoms. The SMILES string of the molecule is C[Si](C)(C)O[C@@H]1CCC[C@H]1N=[N+]=[N-]. The van der Waals surface area contributed by atoms with E-state index in [1.54, 1.807) is 0 Å². The molecule has 0 unspecified atom stereocenters. The lowest BCUT2D eigenvalue weighted by atomic mass is 10.2. The molecule has 0 aliphatic heterocycles. The third kappa shape index (κ3) is 3.38. The standard InChI is InChI=1S/C8H17N3OSi/c1-13(2,3)12-8-6-4-5-7(8)10-11-9/h7-8H,4-6H2,1-3H3/t7-,8-/m1/s1. The van der Waals surface area contributed by atoms with Crippen LogP contribution in [0.4, 0.5) is 0 Å². The maximum atomic E-state index is 8.36. The van der Waals surface area contributed by atoms with Gasteiger partial charge in [0.2, 0.25) is 0 Å². The Hall–Kier alpha value is -0.513. The van der Waals surface area contributed by atoms with Crippen LogP contribution in [-0.2, 0) is 4.43 Å². The monoisotopic (exact) mass is 199 g/mol. The van der Waals surface area contributed by atoms with Gasteiger partial charge in [-0.05, 0) is 38.0 Å². The van der Waals surface area contributed by atoms with Gasteiger partial charge in [-0.15, -0.1) is 0 Å². The van der Waals surface area contributed by atoms with Crippen LogP contribution in [0.15, 0.2) is 5.11 Å². The molecular weight excluding hydrogens is 182 g/mol. The van der Waals surface area contributed by atoms with Gasteiger partial charge in [0.25, 0.3) is 0 Å². The molecule has 0 spiro atoms. The van der Waals surface area contributed by atoms with Gasteiger partial charge in [-0.2, -0.15) is 0 Å². The van der Waals surface area contributed by atoms with Crippen LogP contribution in [-0.4, -0.2) is 20.5 Å². The van der Waals surface area contributed by atoms with Crippen molar-refractivity contribution in [2.75, 3.05) is 0 Å². The minimum Gasteiger partial charge on any atom is -0.414 e. The summed E-state index contributed by atoms with van der Waals surface area (Å²) < 4.78 is 5.94. The molecule has 1 aliphatic carbocycles. The zero-order chi connectivity index (χ0) is 9.90. The molecule has 1 rings (SSSR count). The fraction of sp³-hybridized carbons (Fsp3) is 1.00. The van der Waals surface area contributed by atoms with Crippen LogP contribution in [0.3, 0.4) is 0 Å². The van der Waals surface area contributed by atoms with Crippen LogP contribution in [0, 0.1) is 0 Å². The van der Waals surface area contributed by atoms with Crippen molar-refractivity contribution in [1.29, 1.82) is 0 Å². The van der Waals surface area contributed by atoms with Gasteiger partial charge in [0.1, 0.15) is 0 Å². The average Bonchev–Trinajstić information content (AvgIpc) is 2.34. The van der Waals surface area contributed by atoms with Crippen molar-refractivity contribution in [2.45, 2.75) is 51.0 Å². The summed E-state index contributed by atoms with van der Waals surface area (Å²) in [6.07, 6.45) is 3.34. The van der Waals surface area contributed by atoms with Gasteiger partial charge in [0.05, 0.1) is 12.1 Å². The van der Waals surface area contributed by atoms with Gasteiger partial charge in [-0.25, -0.2) is 0 Å². The second-order valence-corrected chi connectivity index (χ2v) is 8.93. The first-order valence-electron chi connectivity index (χ1n) is 4.75. The molecule has 0 radical (unpaired) electrons. The Morgan fingerprint density at radius 2 is 2.08 bits per heavy atom. The Balaban J connectivity index is 2.53. The fourth-order valence-electron chi connectivity index (χ4n) is 1.70. The quantitative estimate of drug-likeness (QED) is 0.298. The van der Waals surface area contributed by atoms with Crippen molar-refractivity contribution >= 4 is 8.32 Å². The van der Waals surface area contributed by atoms with E-state index in [4.69, 9.17) is 9.96 Å². The summed E-state index contributed by atoms with van der Waals surface area (Å²) in [4.78, 5) is 2.86. The first-order valence-corrected chi connectivity index (χ1v) is 8.16. The highest BCUT2D eigenvalue weighted by molar-refractivity contribution is 6.69. The third-order valence-corrected chi connectivity index (χ3v) is 3.13. The zero-order valence-electron chi connectivity index (χ0n) is 8.53. The van der Waals surface area contributed by atoms with Gasteiger partial charge in [0.15, 0.2) is 8.32 Å². The fourth-order valence-corrected chi connectivity index (χ4v) is 2.88. The number of hydrogen-bond acceptors (Lipinski definition) is 2. The van der Waals surface area contributed by atoms with Gasteiger partial charge in [-0.1, -0.05) is 11.5 Å². The summed E-state index contributed by atoms with van der Waals surface area (Å²) in [7, 11) is -1.48. The van der Waals surface area contributed by atoms with Crippen molar-refractivity contribution in [3.63, 3.8) is 0 Å². The number of nitrogens with zero attached hydrogens (tertiary/aromatic N) is 3. The van der Waals surface area contributed by atoms with Crippen LogP contribution in [0.2, 0.25) is 19.6 Å². The van der Waals surface area contributed by atoms with Crippen molar-refractivity contribution in [1.82, 2.24) is 0 Å². The molecule has 1 fully saturated rings. The smallest absolute Gasteiger partial charge is 0.184 e. The molecule has 1 saturated carbocycles. The third-order valence-electron chi connectivity index (χ3n) is 2.12. The Kier molecular flexibility index (Phi) is 3.36. The average molecular weight is 199 g/mol. The maximum absolute atomic E-state index is 8.36. The van der Waals surface area contributed by atoms with Gasteiger partial charge in [0, 0.05) is 4.91 Å². The Morgan fingerprint density at radius 1 is 1.38 bits per heavy atom. The van der Waals surface area contributed by atoms with Gasteiger partial charge < -0.3 is 4.43 Å². The molecule has 1 aliphatic rings. The molecule has 0 N–H and O–H groups in total. The van der Waals surface area contributed by atoms with Crippen molar-refractivity contribution < 1.29 is 4.43 Å². The number of hydrogen-bond donors (Lipinski definition) is 0. The lowest BCUT2D eigenvalue weighted by Gasteiger charge is -2.25. The number of rotatable bonds is 3. The van der Waals surface area contributed by atoms with Crippen molar-refractivity contribution in [3.8, 4) is 0 Å². The van der Waals surface area contributed by atoms with Crippen LogP contribution in [0.25, 0.3) is 10.4 Å². The Labute approximate surface area is 80.0 Å². The second kappa shape index (κ2) is 4.13. The number of azide groups is 1. The summed E-state index contributed by atoms with van der Waals surface area (Å²) in [5, 5.41) is 3.77. The molecule has 4 nitrogen and oxygen atoms in total. The summed E-state index contributed by atoms with van der Waals surface area (Å²) in [5.41, 5.74) is 8.36. The summed E-state index contributed by atoms with van der Waals surface area (Å²) >= 11 is 0. The first-order chi connectivity index (χ1) is 6.03. The van der Waals surface area contributed by atoms with Gasteiger partial charge >= 0.3 is 0 Å². The highest BCUT2D eigenvalue weighted by Crippen LogP contribution is 2.27. The lowest BCUT2D eigenvalue weighted by molar-refractivity contribution is 0.184. The molecule has 0 aromatic heterocycles. The maximum Gasteiger partial charge on any atom is 0.184 e. The zero-order valence-corrected chi connectivity index (χ0v) is 9.53. The highest BCUT2D eigenvalue weighted by Gasteiger charge is 2.31. The molecule has 13 heavy (non-hydrogen) atoms. The molecule has 74 valence electrons. The summed E-state index contributed by atoms with van der Waals surface area (Å²) in [6.45, 7) is 6.50. The predicted molar refractivity (Wildman–Crippen MR) is 55.0 cm³/mol. The molecular formula is C8H17N3OSi. The molecule has 0 heterocycles. The van der Waals surface area contributed by atoms with Crippen molar-refractivity contribution in [2.24, 2.45) is 5.11 Å². The first kappa shape index (κ1) is 10.6. The minimum absolute atomic E-state index is 0.0803. The van der Waals surface area contributed by atoms with E-state index < -0.39 is 8.32 Å². The van der Waals surface area contributed by atoms with Crippen molar-refractivity contribution in [3.05, 3.63) is 10.4 Å². The van der Waals surface area contributed by atoms with E-state index in [2.05, 4.69) is 29.7 Å². The normalized spacial score (nSPS) is 28.5. The minimum atomic E-state index is -1.48. The Bertz CT molecular complexity index is 220. The van der Waals surface area contributed by atoms with Crippen LogP contribution < -0.4 is 0 Å². The van der Waals surface area contributed by atoms with Gasteiger partial charge in [-0.3, -0.25) is 0 Å². The van der Waals surface area contributed by atoms with E-state index in [-0.39, 0.29) is 12.1 Å². The predicted octanol–water partition coefficient (Wildman–Crippen LogP) is 3.07. The lowest BCUT2D eigenvalue weighted by Crippen LogP contribution is -2.35. The van der Waals surface area contributed by atoms with E-state index in [0.29, 0.717) is 0 Å². The Morgan fingerprint density at radius 3 is 2.62 bits per heavy atom. The summed E-state index contributed by atoms with van der Waals surface area (Å²) in [5.74, 6) is 0. The topological polar surface area (TPSA) is 58.0 Å². The largest absolute Gasteiger partial charge is 0.414 e. The second-order valence-electron chi connectivity index (χ2n) is 4.47. The van der Waals surface area contributed by atoms with E-state index in [9.17, 15) is 0 Å². The highest BCUT2D eigenvalue weighted by atomic mass is 28.4. The van der Waals surface area contributed by atoms with Crippen LogP contribution >= 0.6 is 0 Å². The molecule has 0 saturated heterocycles. The molecule has 0 amide bonds. The van der Waals surface area contributed by atoms with E-state index in [1.807, 2.05) is 0 Å².